The van der Waals surface area contributed by atoms with Crippen molar-refractivity contribution in [1.29, 1.82) is 0 Å². The molecular weight excluding hydrogens is 262 g/mol. The van der Waals surface area contributed by atoms with Crippen molar-refractivity contribution in [3.05, 3.63) is 48.2 Å². The number of aromatic nitrogens is 5. The monoisotopic (exact) mass is 271 g/mol. The van der Waals surface area contributed by atoms with Gasteiger partial charge in [0.05, 0.1) is 0 Å². The van der Waals surface area contributed by atoms with Crippen LogP contribution in [0.25, 0.3) is 11.4 Å². The first-order valence-electron chi connectivity index (χ1n) is 5.72. The molecule has 0 aromatic carbocycles. The molecule has 0 saturated heterocycles. The number of furan rings is 1. The highest BCUT2D eigenvalue weighted by Crippen LogP contribution is 2.16. The van der Waals surface area contributed by atoms with Crippen LogP contribution in [-0.2, 0) is 6.54 Å². The first-order chi connectivity index (χ1) is 9.74. The third-order valence-electron chi connectivity index (χ3n) is 2.65. The molecular formula is C12H9N5O3. The molecule has 0 aliphatic carbocycles. The van der Waals surface area contributed by atoms with Crippen molar-refractivity contribution in [2.24, 2.45) is 0 Å². The lowest BCUT2D eigenvalue weighted by Crippen LogP contribution is -2.03. The summed E-state index contributed by atoms with van der Waals surface area (Å²) in [6.45, 7) is 0.248. The highest BCUT2D eigenvalue weighted by atomic mass is 16.4. The molecule has 1 N–H and O–H groups in total. The molecule has 8 nitrogen and oxygen atoms in total. The second-order valence-corrected chi connectivity index (χ2v) is 3.97. The number of hydrogen-bond acceptors (Lipinski definition) is 6. The lowest BCUT2D eigenvalue weighted by Gasteiger charge is -2.02. The molecule has 0 bridgehead atoms. The number of nitrogens with zero attached hydrogens (tertiary/aromatic N) is 5. The van der Waals surface area contributed by atoms with Crippen LogP contribution in [0.1, 0.15) is 16.3 Å². The zero-order valence-electron chi connectivity index (χ0n) is 10.2. The fourth-order valence-corrected chi connectivity index (χ4v) is 1.74. The zero-order chi connectivity index (χ0) is 13.9. The van der Waals surface area contributed by atoms with Gasteiger partial charge < -0.3 is 9.52 Å². The summed E-state index contributed by atoms with van der Waals surface area (Å²) in [5.74, 6) is -0.202. The van der Waals surface area contributed by atoms with Crippen molar-refractivity contribution in [2.75, 3.05) is 0 Å². The summed E-state index contributed by atoms with van der Waals surface area (Å²) >= 11 is 0. The van der Waals surface area contributed by atoms with Crippen molar-refractivity contribution in [2.45, 2.75) is 6.54 Å². The fraction of sp³-hybridized carbons (Fsp3) is 0.0833. The predicted octanol–water partition coefficient (Wildman–Crippen LogP) is 1.07. The van der Waals surface area contributed by atoms with Crippen LogP contribution in [0.4, 0.5) is 0 Å². The number of aromatic carboxylic acids is 1. The first-order valence-corrected chi connectivity index (χ1v) is 5.72. The van der Waals surface area contributed by atoms with Crippen molar-refractivity contribution >= 4 is 5.97 Å². The van der Waals surface area contributed by atoms with E-state index in [-0.39, 0.29) is 12.3 Å². The molecule has 0 amide bonds. The van der Waals surface area contributed by atoms with Crippen molar-refractivity contribution in [3.63, 3.8) is 0 Å². The Morgan fingerprint density at radius 3 is 2.75 bits per heavy atom. The van der Waals surface area contributed by atoms with E-state index in [0.29, 0.717) is 11.6 Å². The quantitative estimate of drug-likeness (QED) is 0.756. The van der Waals surface area contributed by atoms with E-state index in [1.807, 2.05) is 0 Å². The van der Waals surface area contributed by atoms with Crippen LogP contribution >= 0.6 is 0 Å². The van der Waals surface area contributed by atoms with E-state index in [1.54, 1.807) is 30.6 Å². The van der Waals surface area contributed by atoms with Crippen LogP contribution in [0.5, 0.6) is 0 Å². The number of tetrazole rings is 1. The second-order valence-electron chi connectivity index (χ2n) is 3.97. The molecule has 0 unspecified atom stereocenters. The first kappa shape index (κ1) is 12.0. The van der Waals surface area contributed by atoms with Crippen LogP contribution in [0.3, 0.4) is 0 Å². The van der Waals surface area contributed by atoms with Crippen LogP contribution in [-0.4, -0.2) is 36.3 Å². The van der Waals surface area contributed by atoms with E-state index in [0.717, 1.165) is 5.56 Å². The number of pyridine rings is 1. The minimum absolute atomic E-state index is 0.112. The minimum atomic E-state index is -1.11. The van der Waals surface area contributed by atoms with Gasteiger partial charge in [-0.2, -0.15) is 0 Å². The van der Waals surface area contributed by atoms with Gasteiger partial charge in [-0.05, 0) is 34.7 Å². The molecule has 0 aliphatic rings. The van der Waals surface area contributed by atoms with Gasteiger partial charge in [0, 0.05) is 18.0 Å². The highest BCUT2D eigenvalue weighted by molar-refractivity contribution is 5.84. The lowest BCUT2D eigenvalue weighted by atomic mass is 10.2. The van der Waals surface area contributed by atoms with Crippen LogP contribution < -0.4 is 0 Å². The fourth-order valence-electron chi connectivity index (χ4n) is 1.74. The van der Waals surface area contributed by atoms with E-state index in [9.17, 15) is 4.79 Å². The van der Waals surface area contributed by atoms with Gasteiger partial charge in [0.2, 0.25) is 5.76 Å². The van der Waals surface area contributed by atoms with E-state index < -0.39 is 5.97 Å². The molecule has 0 spiro atoms. The summed E-state index contributed by atoms with van der Waals surface area (Å²) in [5, 5.41) is 20.2. The minimum Gasteiger partial charge on any atom is -0.475 e. The van der Waals surface area contributed by atoms with Crippen LogP contribution in [0, 0.1) is 0 Å². The van der Waals surface area contributed by atoms with Gasteiger partial charge in [-0.1, -0.05) is 0 Å². The predicted molar refractivity (Wildman–Crippen MR) is 65.8 cm³/mol. The number of hydrogen-bond donors (Lipinski definition) is 1. The SMILES string of the molecule is O=C(O)c1ccc(Cn2nnnc2-c2ccncc2)o1. The number of carboxylic acids is 1. The third-order valence-corrected chi connectivity index (χ3v) is 2.65. The smallest absolute Gasteiger partial charge is 0.371 e. The van der Waals surface area contributed by atoms with Gasteiger partial charge in [0.1, 0.15) is 12.3 Å². The van der Waals surface area contributed by atoms with Crippen LogP contribution in [0.2, 0.25) is 0 Å². The summed E-state index contributed by atoms with van der Waals surface area (Å²) in [5.41, 5.74) is 0.815. The largest absolute Gasteiger partial charge is 0.475 e. The topological polar surface area (TPSA) is 107 Å². The Morgan fingerprint density at radius 2 is 2.05 bits per heavy atom. The van der Waals surface area contributed by atoms with Gasteiger partial charge in [-0.3, -0.25) is 4.98 Å². The van der Waals surface area contributed by atoms with E-state index in [2.05, 4.69) is 20.5 Å². The Morgan fingerprint density at radius 1 is 1.25 bits per heavy atom. The van der Waals surface area contributed by atoms with Gasteiger partial charge in [-0.25, -0.2) is 9.48 Å². The molecule has 0 aliphatic heterocycles. The summed E-state index contributed by atoms with van der Waals surface area (Å²) in [6, 6.07) is 6.55. The summed E-state index contributed by atoms with van der Waals surface area (Å²) < 4.78 is 6.71. The zero-order valence-corrected chi connectivity index (χ0v) is 10.2. The Hall–Kier alpha value is -3.03. The maximum absolute atomic E-state index is 10.8. The second kappa shape index (κ2) is 4.92. The van der Waals surface area contributed by atoms with E-state index >= 15 is 0 Å². The Bertz CT molecular complexity index is 734. The van der Waals surface area contributed by atoms with Gasteiger partial charge in [0.25, 0.3) is 0 Å². The molecule has 3 aromatic heterocycles. The Labute approximate surface area is 112 Å². The average molecular weight is 271 g/mol. The molecule has 3 heterocycles. The summed E-state index contributed by atoms with van der Waals surface area (Å²) in [7, 11) is 0. The molecule has 0 saturated carbocycles. The highest BCUT2D eigenvalue weighted by Gasteiger charge is 2.13. The molecule has 0 fully saturated rings. The number of rotatable bonds is 4. The van der Waals surface area contributed by atoms with Gasteiger partial charge >= 0.3 is 5.97 Å². The van der Waals surface area contributed by atoms with Crippen LogP contribution in [0.15, 0.2) is 41.1 Å². The Kier molecular flexibility index (Phi) is 2.96. The molecule has 20 heavy (non-hydrogen) atoms. The summed E-state index contributed by atoms with van der Waals surface area (Å²) in [4.78, 5) is 14.7. The third kappa shape index (κ3) is 2.26. The number of carboxylic acid groups (broad SMARTS) is 1. The normalized spacial score (nSPS) is 10.6. The standard InChI is InChI=1S/C12H9N5O3/c18-12(19)10-2-1-9(20-10)7-17-11(14-15-16-17)8-3-5-13-6-4-8/h1-6H,7H2,(H,18,19). The average Bonchev–Trinajstić information content (AvgIpc) is 3.09. The molecule has 0 radical (unpaired) electrons. The van der Waals surface area contributed by atoms with Gasteiger partial charge in [-0.15, -0.1) is 5.10 Å². The van der Waals surface area contributed by atoms with E-state index in [1.165, 1.54) is 10.7 Å². The lowest BCUT2D eigenvalue weighted by molar-refractivity contribution is 0.0660. The van der Waals surface area contributed by atoms with Gasteiger partial charge in [0.15, 0.2) is 5.82 Å². The van der Waals surface area contributed by atoms with E-state index in [4.69, 9.17) is 9.52 Å². The Balaban J connectivity index is 1.88. The molecule has 8 heteroatoms. The summed E-state index contributed by atoms with van der Waals surface area (Å²) in [6.07, 6.45) is 3.29. The molecule has 0 atom stereocenters. The van der Waals surface area contributed by atoms with Crippen molar-refractivity contribution in [1.82, 2.24) is 25.2 Å². The molecule has 100 valence electrons. The number of carbonyl (C=O) groups is 1. The maximum atomic E-state index is 10.8. The van der Waals surface area contributed by atoms with Crippen molar-refractivity contribution in [3.8, 4) is 11.4 Å². The molecule has 3 rings (SSSR count). The van der Waals surface area contributed by atoms with Crippen molar-refractivity contribution < 1.29 is 14.3 Å². The molecule has 3 aromatic rings. The maximum Gasteiger partial charge on any atom is 0.371 e.